The predicted octanol–water partition coefficient (Wildman–Crippen LogP) is 1.67. The Hall–Kier alpha value is -1.62. The van der Waals surface area contributed by atoms with Crippen molar-refractivity contribution in [3.05, 3.63) is 19.9 Å². The smallest absolute Gasteiger partial charge is 0.390 e. The van der Waals surface area contributed by atoms with Gasteiger partial charge in [-0.2, -0.15) is 4.68 Å². The molecule has 0 saturated heterocycles. The Morgan fingerprint density at radius 2 is 2.32 bits per heavy atom. The van der Waals surface area contributed by atoms with Crippen LogP contribution in [-0.2, 0) is 6.54 Å². The Morgan fingerprint density at radius 3 is 2.95 bits per heavy atom. The van der Waals surface area contributed by atoms with E-state index in [1.54, 1.807) is 0 Å². The van der Waals surface area contributed by atoms with Crippen LogP contribution in [0.15, 0.2) is 4.73 Å². The summed E-state index contributed by atoms with van der Waals surface area (Å²) in [5.41, 5.74) is 0. The van der Waals surface area contributed by atoms with Crippen LogP contribution in [0.4, 0.5) is 11.1 Å². The SMILES string of the molecule is CCCNc1nnc(Cn2nc([N+](=O)[O-])nc2Br)s1. The average molecular weight is 348 g/mol. The predicted molar refractivity (Wildman–Crippen MR) is 72.2 cm³/mol. The van der Waals surface area contributed by atoms with Crippen LogP contribution in [0.5, 0.6) is 0 Å². The zero-order valence-electron chi connectivity index (χ0n) is 9.91. The van der Waals surface area contributed by atoms with Gasteiger partial charge in [0, 0.05) is 27.6 Å². The van der Waals surface area contributed by atoms with Gasteiger partial charge in [-0.1, -0.05) is 18.3 Å². The highest BCUT2D eigenvalue weighted by atomic mass is 79.9. The van der Waals surface area contributed by atoms with E-state index < -0.39 is 10.9 Å². The Kier molecular flexibility index (Phi) is 4.37. The molecule has 0 aliphatic heterocycles. The van der Waals surface area contributed by atoms with Gasteiger partial charge in [0.05, 0.1) is 0 Å². The van der Waals surface area contributed by atoms with E-state index in [4.69, 9.17) is 0 Å². The van der Waals surface area contributed by atoms with Crippen LogP contribution in [-0.4, -0.2) is 36.4 Å². The molecule has 9 nitrogen and oxygen atoms in total. The summed E-state index contributed by atoms with van der Waals surface area (Å²) in [6.07, 6.45) is 0.996. The number of nitro groups is 1. The Bertz CT molecular complexity index is 583. The Balaban J connectivity index is 2.08. The number of rotatable bonds is 6. The monoisotopic (exact) mass is 347 g/mol. The largest absolute Gasteiger partial charge is 0.492 e. The third-order valence-corrected chi connectivity index (χ3v) is 3.51. The van der Waals surface area contributed by atoms with Crippen molar-refractivity contribution in [2.45, 2.75) is 19.9 Å². The first-order valence-electron chi connectivity index (χ1n) is 5.41. The zero-order chi connectivity index (χ0) is 13.8. The number of aromatic nitrogens is 5. The van der Waals surface area contributed by atoms with E-state index >= 15 is 0 Å². The second-order valence-electron chi connectivity index (χ2n) is 3.52. The van der Waals surface area contributed by atoms with Crippen LogP contribution in [0.1, 0.15) is 18.4 Å². The number of nitrogens with zero attached hydrogens (tertiary/aromatic N) is 6. The highest BCUT2D eigenvalue weighted by molar-refractivity contribution is 9.10. The molecule has 0 saturated carbocycles. The van der Waals surface area contributed by atoms with Crippen LogP contribution in [0.3, 0.4) is 0 Å². The molecule has 2 rings (SSSR count). The maximum absolute atomic E-state index is 10.6. The first-order valence-corrected chi connectivity index (χ1v) is 7.02. The molecule has 0 amide bonds. The highest BCUT2D eigenvalue weighted by Gasteiger charge is 2.20. The van der Waals surface area contributed by atoms with Crippen molar-refractivity contribution in [3.63, 3.8) is 0 Å². The maximum atomic E-state index is 10.6. The minimum Gasteiger partial charge on any atom is -0.390 e. The topological polar surface area (TPSA) is 112 Å². The molecule has 11 heteroatoms. The lowest BCUT2D eigenvalue weighted by Crippen LogP contribution is -2.02. The quantitative estimate of drug-likeness (QED) is 0.624. The van der Waals surface area contributed by atoms with Gasteiger partial charge in [0.15, 0.2) is 0 Å². The fourth-order valence-corrected chi connectivity index (χ4v) is 2.35. The number of hydrogen-bond donors (Lipinski definition) is 1. The van der Waals surface area contributed by atoms with Crippen molar-refractivity contribution in [2.75, 3.05) is 11.9 Å². The number of anilines is 1. The normalized spacial score (nSPS) is 10.6. The van der Waals surface area contributed by atoms with Crippen LogP contribution in [0, 0.1) is 10.1 Å². The van der Waals surface area contributed by atoms with Gasteiger partial charge in [0.25, 0.3) is 4.73 Å². The van der Waals surface area contributed by atoms with Gasteiger partial charge in [-0.25, -0.2) is 0 Å². The summed E-state index contributed by atoms with van der Waals surface area (Å²) in [6.45, 7) is 3.17. The van der Waals surface area contributed by atoms with Crippen molar-refractivity contribution in [1.82, 2.24) is 25.0 Å². The van der Waals surface area contributed by atoms with E-state index in [2.05, 4.69) is 48.5 Å². The molecule has 19 heavy (non-hydrogen) atoms. The van der Waals surface area contributed by atoms with E-state index in [1.807, 2.05) is 0 Å². The summed E-state index contributed by atoms with van der Waals surface area (Å²) in [4.78, 5) is 13.6. The second kappa shape index (κ2) is 6.02. The molecule has 2 aromatic heterocycles. The Labute approximate surface area is 120 Å². The van der Waals surface area contributed by atoms with Crippen molar-refractivity contribution in [2.24, 2.45) is 0 Å². The second-order valence-corrected chi connectivity index (χ2v) is 5.29. The van der Waals surface area contributed by atoms with E-state index in [9.17, 15) is 10.1 Å². The summed E-state index contributed by atoms with van der Waals surface area (Å²) >= 11 is 4.50. The lowest BCUT2D eigenvalue weighted by molar-refractivity contribution is -0.394. The van der Waals surface area contributed by atoms with Gasteiger partial charge in [0.1, 0.15) is 11.6 Å². The van der Waals surface area contributed by atoms with Crippen LogP contribution >= 0.6 is 27.3 Å². The molecule has 0 aliphatic carbocycles. The summed E-state index contributed by atoms with van der Waals surface area (Å²) < 4.78 is 1.65. The summed E-state index contributed by atoms with van der Waals surface area (Å²) in [7, 11) is 0. The van der Waals surface area contributed by atoms with Gasteiger partial charge in [-0.3, -0.25) is 0 Å². The molecule has 0 fully saturated rings. The highest BCUT2D eigenvalue weighted by Crippen LogP contribution is 2.19. The molecule has 0 bridgehead atoms. The fraction of sp³-hybridized carbons (Fsp3) is 0.500. The number of hydrogen-bond acceptors (Lipinski definition) is 8. The molecule has 0 spiro atoms. The van der Waals surface area contributed by atoms with Crippen LogP contribution in [0.25, 0.3) is 0 Å². The minimum absolute atomic E-state index is 0.285. The van der Waals surface area contributed by atoms with E-state index in [1.165, 1.54) is 16.0 Å². The van der Waals surface area contributed by atoms with Crippen molar-refractivity contribution >= 4 is 38.3 Å². The maximum Gasteiger partial charge on any atom is 0.492 e. The summed E-state index contributed by atoms with van der Waals surface area (Å²) in [6, 6.07) is 0. The zero-order valence-corrected chi connectivity index (χ0v) is 12.3. The van der Waals surface area contributed by atoms with Gasteiger partial charge in [0.2, 0.25) is 5.13 Å². The molecule has 0 atom stereocenters. The van der Waals surface area contributed by atoms with E-state index in [-0.39, 0.29) is 11.3 Å². The van der Waals surface area contributed by atoms with Crippen molar-refractivity contribution < 1.29 is 4.92 Å². The van der Waals surface area contributed by atoms with Crippen molar-refractivity contribution in [1.29, 1.82) is 0 Å². The lowest BCUT2D eigenvalue weighted by Gasteiger charge is -1.95. The molecular weight excluding hydrogens is 338 g/mol. The van der Waals surface area contributed by atoms with E-state index in [0.29, 0.717) is 5.01 Å². The first-order chi connectivity index (χ1) is 9.10. The molecule has 0 aromatic carbocycles. The third-order valence-electron chi connectivity index (χ3n) is 2.06. The molecule has 0 aliphatic rings. The summed E-state index contributed by atoms with van der Waals surface area (Å²) in [5, 5.41) is 26.8. The van der Waals surface area contributed by atoms with Crippen molar-refractivity contribution in [3.8, 4) is 0 Å². The van der Waals surface area contributed by atoms with Gasteiger partial charge in [-0.05, 0) is 16.3 Å². The molecule has 1 N–H and O–H groups in total. The molecule has 0 radical (unpaired) electrons. The molecule has 2 aromatic rings. The minimum atomic E-state index is -0.643. The first kappa shape index (κ1) is 13.8. The third kappa shape index (κ3) is 3.44. The van der Waals surface area contributed by atoms with Gasteiger partial charge < -0.3 is 15.4 Å². The fourth-order valence-electron chi connectivity index (χ4n) is 1.24. The molecule has 0 unspecified atom stereocenters. The average Bonchev–Trinajstić information content (AvgIpc) is 2.95. The molecule has 2 heterocycles. The number of halogens is 1. The van der Waals surface area contributed by atoms with E-state index in [0.717, 1.165) is 18.1 Å². The van der Waals surface area contributed by atoms with Crippen LogP contribution in [0.2, 0.25) is 0 Å². The molecule has 102 valence electrons. The standard InChI is InChI=1S/C8H10BrN7O2S/c1-2-3-10-8-13-12-5(19-8)4-15-6(9)11-7(14-15)16(17)18/h2-4H2,1H3,(H,10,13). The lowest BCUT2D eigenvalue weighted by atomic mass is 10.5. The summed E-state index contributed by atoms with van der Waals surface area (Å²) in [5.74, 6) is -0.444. The van der Waals surface area contributed by atoms with Crippen LogP contribution < -0.4 is 5.32 Å². The molecular formula is C8H10BrN7O2S. The van der Waals surface area contributed by atoms with Gasteiger partial charge >= 0.3 is 5.95 Å². The van der Waals surface area contributed by atoms with Gasteiger partial charge in [-0.15, -0.1) is 10.2 Å². The Morgan fingerprint density at radius 1 is 1.53 bits per heavy atom. The number of nitrogens with one attached hydrogen (secondary N) is 1.